The van der Waals surface area contributed by atoms with Gasteiger partial charge in [-0.1, -0.05) is 0 Å². The third-order valence-corrected chi connectivity index (χ3v) is 3.92. The maximum atomic E-state index is 11.3. The fourth-order valence-corrected chi connectivity index (χ4v) is 2.58. The van der Waals surface area contributed by atoms with Gasteiger partial charge in [-0.25, -0.2) is 0 Å². The van der Waals surface area contributed by atoms with Crippen molar-refractivity contribution in [2.24, 2.45) is 0 Å². The van der Waals surface area contributed by atoms with Crippen LogP contribution >= 0.6 is 0 Å². The van der Waals surface area contributed by atoms with Crippen LogP contribution in [0, 0.1) is 0 Å². The van der Waals surface area contributed by atoms with E-state index in [1.54, 1.807) is 0 Å². The first-order valence-electron chi connectivity index (χ1n) is 6.84. The highest BCUT2D eigenvalue weighted by Crippen LogP contribution is 2.25. The van der Waals surface area contributed by atoms with Gasteiger partial charge in [-0.15, -0.1) is 0 Å². The minimum Gasteiger partial charge on any atom is -0.480 e. The Hall–Kier alpha value is -0.610. The molecule has 1 atom stereocenters. The van der Waals surface area contributed by atoms with Crippen molar-refractivity contribution in [3.8, 4) is 0 Å². The quantitative estimate of drug-likeness (QED) is 0.707. The lowest BCUT2D eigenvalue weighted by Gasteiger charge is -2.27. The Morgan fingerprint density at radius 3 is 2.59 bits per heavy atom. The van der Waals surface area contributed by atoms with Gasteiger partial charge in [0, 0.05) is 6.04 Å². The number of likely N-dealkylation sites (tertiary alicyclic amines) is 1. The summed E-state index contributed by atoms with van der Waals surface area (Å²) in [6, 6.07) is 0.447. The Morgan fingerprint density at radius 2 is 2.06 bits per heavy atom. The highest BCUT2D eigenvalue weighted by Gasteiger charge is 2.37. The minimum atomic E-state index is -0.721. The number of aliphatic carboxylic acids is 1. The number of hydrogen-bond donors (Lipinski definition) is 2. The van der Waals surface area contributed by atoms with E-state index in [9.17, 15) is 9.90 Å². The molecule has 4 heteroatoms. The van der Waals surface area contributed by atoms with E-state index in [1.165, 1.54) is 25.9 Å². The Balaban J connectivity index is 1.73. The summed E-state index contributed by atoms with van der Waals surface area (Å²) >= 11 is 0. The Kier molecular flexibility index (Phi) is 4.05. The predicted molar refractivity (Wildman–Crippen MR) is 67.1 cm³/mol. The van der Waals surface area contributed by atoms with Crippen LogP contribution in [0.2, 0.25) is 0 Å². The van der Waals surface area contributed by atoms with Gasteiger partial charge in [0.05, 0.1) is 0 Å². The van der Waals surface area contributed by atoms with Crippen LogP contribution in [0.3, 0.4) is 0 Å². The number of rotatable bonds is 7. The van der Waals surface area contributed by atoms with Crippen LogP contribution in [0.5, 0.6) is 0 Å². The molecular formula is C13H24N2O2. The van der Waals surface area contributed by atoms with Crippen LogP contribution in [-0.2, 0) is 4.79 Å². The first kappa shape index (κ1) is 12.8. The molecule has 4 nitrogen and oxygen atoms in total. The smallest absolute Gasteiger partial charge is 0.323 e. The van der Waals surface area contributed by atoms with E-state index in [1.807, 2.05) is 6.92 Å². The molecule has 2 aliphatic rings. The van der Waals surface area contributed by atoms with E-state index in [0.717, 1.165) is 32.2 Å². The molecule has 0 amide bonds. The topological polar surface area (TPSA) is 52.6 Å². The van der Waals surface area contributed by atoms with Crippen LogP contribution in [0.15, 0.2) is 0 Å². The average Bonchev–Trinajstić information content (AvgIpc) is 2.93. The number of carbonyl (C=O) groups is 1. The van der Waals surface area contributed by atoms with Gasteiger partial charge in [-0.05, 0) is 65.1 Å². The zero-order valence-electron chi connectivity index (χ0n) is 10.7. The zero-order valence-corrected chi connectivity index (χ0v) is 10.7. The summed E-state index contributed by atoms with van der Waals surface area (Å²) in [5.41, 5.74) is -0.721. The largest absolute Gasteiger partial charge is 0.480 e. The van der Waals surface area contributed by atoms with Gasteiger partial charge in [0.1, 0.15) is 5.54 Å². The summed E-state index contributed by atoms with van der Waals surface area (Å²) in [5.74, 6) is -0.703. The molecule has 1 saturated carbocycles. The van der Waals surface area contributed by atoms with Crippen molar-refractivity contribution in [3.05, 3.63) is 0 Å². The van der Waals surface area contributed by atoms with E-state index in [0.29, 0.717) is 6.04 Å². The van der Waals surface area contributed by atoms with Gasteiger partial charge < -0.3 is 10.0 Å². The molecule has 2 fully saturated rings. The standard InChI is InChI=1S/C13H24N2O2/c1-13(12(16)17,14-11-5-6-11)7-4-10-15-8-2-3-9-15/h11,14H,2-10H2,1H3,(H,16,17). The van der Waals surface area contributed by atoms with Crippen molar-refractivity contribution >= 4 is 5.97 Å². The van der Waals surface area contributed by atoms with Gasteiger partial charge in [0.15, 0.2) is 0 Å². The van der Waals surface area contributed by atoms with Gasteiger partial charge in [0.25, 0.3) is 0 Å². The molecule has 1 aliphatic heterocycles. The molecule has 0 spiro atoms. The number of nitrogens with zero attached hydrogens (tertiary/aromatic N) is 1. The normalized spacial score (nSPS) is 24.8. The van der Waals surface area contributed by atoms with E-state index < -0.39 is 11.5 Å². The first-order chi connectivity index (χ1) is 8.10. The molecule has 0 aromatic heterocycles. The second-order valence-electron chi connectivity index (χ2n) is 5.71. The van der Waals surface area contributed by atoms with Gasteiger partial charge in [0.2, 0.25) is 0 Å². The number of nitrogens with one attached hydrogen (secondary N) is 1. The van der Waals surface area contributed by atoms with Gasteiger partial charge >= 0.3 is 5.97 Å². The van der Waals surface area contributed by atoms with Crippen molar-refractivity contribution in [1.82, 2.24) is 10.2 Å². The van der Waals surface area contributed by atoms with Crippen molar-refractivity contribution in [2.75, 3.05) is 19.6 Å². The minimum absolute atomic E-state index is 0.447. The maximum absolute atomic E-state index is 11.3. The number of carboxylic acid groups (broad SMARTS) is 1. The molecule has 0 aromatic rings. The fraction of sp³-hybridized carbons (Fsp3) is 0.923. The third kappa shape index (κ3) is 3.68. The van der Waals surface area contributed by atoms with Crippen LogP contribution in [0.1, 0.15) is 45.4 Å². The third-order valence-electron chi connectivity index (χ3n) is 3.92. The Labute approximate surface area is 103 Å². The summed E-state index contributed by atoms with van der Waals surface area (Å²) in [6.45, 7) is 5.27. The van der Waals surface area contributed by atoms with Crippen molar-refractivity contribution in [1.29, 1.82) is 0 Å². The fourth-order valence-electron chi connectivity index (χ4n) is 2.58. The lowest BCUT2D eigenvalue weighted by atomic mass is 9.95. The summed E-state index contributed by atoms with van der Waals surface area (Å²) in [5, 5.41) is 12.6. The Morgan fingerprint density at radius 1 is 1.41 bits per heavy atom. The van der Waals surface area contributed by atoms with E-state index in [4.69, 9.17) is 0 Å². The molecule has 0 radical (unpaired) electrons. The molecule has 2 N–H and O–H groups in total. The SMILES string of the molecule is CC(CCCN1CCCC1)(NC1CC1)C(=O)O. The summed E-state index contributed by atoms with van der Waals surface area (Å²) in [6.07, 6.45) is 6.58. The van der Waals surface area contributed by atoms with Crippen LogP contribution in [-0.4, -0.2) is 47.2 Å². The molecule has 1 aliphatic carbocycles. The second kappa shape index (κ2) is 5.36. The van der Waals surface area contributed by atoms with Gasteiger partial charge in [-0.2, -0.15) is 0 Å². The molecule has 1 heterocycles. The lowest BCUT2D eigenvalue weighted by molar-refractivity contribution is -0.144. The highest BCUT2D eigenvalue weighted by molar-refractivity contribution is 5.78. The molecule has 0 aromatic carbocycles. The van der Waals surface area contributed by atoms with Crippen molar-refractivity contribution in [2.45, 2.75) is 57.0 Å². The molecule has 17 heavy (non-hydrogen) atoms. The van der Waals surface area contributed by atoms with Gasteiger partial charge in [-0.3, -0.25) is 10.1 Å². The molecular weight excluding hydrogens is 216 g/mol. The maximum Gasteiger partial charge on any atom is 0.323 e. The summed E-state index contributed by atoms with van der Waals surface area (Å²) < 4.78 is 0. The predicted octanol–water partition coefficient (Wildman–Crippen LogP) is 1.46. The van der Waals surface area contributed by atoms with E-state index in [2.05, 4.69) is 10.2 Å². The zero-order chi connectivity index (χ0) is 12.3. The van der Waals surface area contributed by atoms with Crippen LogP contribution in [0.25, 0.3) is 0 Å². The summed E-state index contributed by atoms with van der Waals surface area (Å²) in [7, 11) is 0. The van der Waals surface area contributed by atoms with E-state index >= 15 is 0 Å². The van der Waals surface area contributed by atoms with Crippen molar-refractivity contribution in [3.63, 3.8) is 0 Å². The van der Waals surface area contributed by atoms with E-state index in [-0.39, 0.29) is 0 Å². The molecule has 1 saturated heterocycles. The van der Waals surface area contributed by atoms with Crippen LogP contribution < -0.4 is 5.32 Å². The first-order valence-corrected chi connectivity index (χ1v) is 6.84. The molecule has 1 unspecified atom stereocenters. The molecule has 0 bridgehead atoms. The van der Waals surface area contributed by atoms with Crippen LogP contribution in [0.4, 0.5) is 0 Å². The molecule has 2 rings (SSSR count). The Bertz CT molecular complexity index is 273. The number of hydrogen-bond acceptors (Lipinski definition) is 3. The highest BCUT2D eigenvalue weighted by atomic mass is 16.4. The molecule has 98 valence electrons. The average molecular weight is 240 g/mol. The second-order valence-corrected chi connectivity index (χ2v) is 5.71. The lowest BCUT2D eigenvalue weighted by Crippen LogP contribution is -2.50. The number of carboxylic acids is 1. The summed E-state index contributed by atoms with van der Waals surface area (Å²) in [4.78, 5) is 13.8. The monoisotopic (exact) mass is 240 g/mol. The van der Waals surface area contributed by atoms with Crippen molar-refractivity contribution < 1.29 is 9.90 Å².